The number of aryl methyl sites for hydroxylation is 2. The summed E-state index contributed by atoms with van der Waals surface area (Å²) in [4.78, 5) is 0. The topological polar surface area (TPSA) is 0 Å². The molecule has 0 aliphatic heterocycles. The number of allylic oxidation sites excluding steroid dienone is 4. The molecular formula is C16H20. The van der Waals surface area contributed by atoms with E-state index in [0.717, 1.165) is 0 Å². The zero-order valence-electron chi connectivity index (χ0n) is 10.6. The van der Waals surface area contributed by atoms with Crippen LogP contribution in [0.3, 0.4) is 0 Å². The van der Waals surface area contributed by atoms with Crippen LogP contribution in [-0.2, 0) is 0 Å². The van der Waals surface area contributed by atoms with Crippen molar-refractivity contribution in [2.75, 3.05) is 0 Å². The van der Waals surface area contributed by atoms with Gasteiger partial charge in [0, 0.05) is 0 Å². The lowest BCUT2D eigenvalue weighted by molar-refractivity contribution is 0.554. The average molecular weight is 212 g/mol. The quantitative estimate of drug-likeness (QED) is 0.641. The SMILES string of the molecule is Cc1ccc(C2=CC(C)C(C)C=C2)cc1C. The third-order valence-corrected chi connectivity index (χ3v) is 3.69. The zero-order chi connectivity index (χ0) is 11.7. The van der Waals surface area contributed by atoms with Crippen molar-refractivity contribution in [3.05, 3.63) is 53.1 Å². The fraction of sp³-hybridized carbons (Fsp3) is 0.375. The molecule has 2 rings (SSSR count). The molecule has 1 aliphatic carbocycles. The first-order valence-electron chi connectivity index (χ1n) is 6.05. The molecule has 2 atom stereocenters. The van der Waals surface area contributed by atoms with Crippen LogP contribution in [0.25, 0.3) is 5.57 Å². The fourth-order valence-corrected chi connectivity index (χ4v) is 2.03. The Kier molecular flexibility index (Phi) is 3.00. The van der Waals surface area contributed by atoms with Gasteiger partial charge in [0.05, 0.1) is 0 Å². The van der Waals surface area contributed by atoms with Crippen molar-refractivity contribution in [2.24, 2.45) is 11.8 Å². The lowest BCUT2D eigenvalue weighted by atomic mass is 9.86. The first-order valence-corrected chi connectivity index (χ1v) is 6.05. The molecule has 0 heteroatoms. The minimum Gasteiger partial charge on any atom is -0.0805 e. The van der Waals surface area contributed by atoms with Crippen LogP contribution in [0.5, 0.6) is 0 Å². The van der Waals surface area contributed by atoms with E-state index in [2.05, 4.69) is 64.1 Å². The number of hydrogen-bond acceptors (Lipinski definition) is 0. The van der Waals surface area contributed by atoms with Gasteiger partial charge in [0.1, 0.15) is 0 Å². The fourth-order valence-electron chi connectivity index (χ4n) is 2.03. The van der Waals surface area contributed by atoms with Gasteiger partial charge in [0.25, 0.3) is 0 Å². The lowest BCUT2D eigenvalue weighted by Gasteiger charge is -2.19. The Morgan fingerprint density at radius 3 is 2.31 bits per heavy atom. The smallest absolute Gasteiger partial charge is 0.0184 e. The highest BCUT2D eigenvalue weighted by atomic mass is 14.2. The number of benzene rings is 1. The van der Waals surface area contributed by atoms with Crippen LogP contribution in [0, 0.1) is 25.7 Å². The second-order valence-electron chi connectivity index (χ2n) is 5.00. The van der Waals surface area contributed by atoms with Crippen molar-refractivity contribution in [1.29, 1.82) is 0 Å². The molecule has 0 radical (unpaired) electrons. The van der Waals surface area contributed by atoms with Crippen molar-refractivity contribution < 1.29 is 0 Å². The number of rotatable bonds is 1. The van der Waals surface area contributed by atoms with Gasteiger partial charge in [0.2, 0.25) is 0 Å². The van der Waals surface area contributed by atoms with Gasteiger partial charge in [-0.15, -0.1) is 0 Å². The van der Waals surface area contributed by atoms with Crippen LogP contribution in [-0.4, -0.2) is 0 Å². The molecule has 0 N–H and O–H groups in total. The molecule has 0 aromatic heterocycles. The molecule has 0 bridgehead atoms. The average Bonchev–Trinajstić information content (AvgIpc) is 2.26. The zero-order valence-corrected chi connectivity index (χ0v) is 10.6. The summed E-state index contributed by atoms with van der Waals surface area (Å²) in [7, 11) is 0. The summed E-state index contributed by atoms with van der Waals surface area (Å²) < 4.78 is 0. The summed E-state index contributed by atoms with van der Waals surface area (Å²) in [5, 5.41) is 0. The van der Waals surface area contributed by atoms with Gasteiger partial charge in [-0.2, -0.15) is 0 Å². The van der Waals surface area contributed by atoms with Crippen molar-refractivity contribution in [1.82, 2.24) is 0 Å². The highest BCUT2D eigenvalue weighted by molar-refractivity contribution is 5.75. The maximum atomic E-state index is 2.38. The third-order valence-electron chi connectivity index (χ3n) is 3.69. The van der Waals surface area contributed by atoms with Crippen LogP contribution in [0.15, 0.2) is 36.4 Å². The maximum absolute atomic E-state index is 2.38. The van der Waals surface area contributed by atoms with Gasteiger partial charge in [-0.1, -0.05) is 50.3 Å². The highest BCUT2D eigenvalue weighted by Crippen LogP contribution is 2.28. The molecule has 0 amide bonds. The molecular weight excluding hydrogens is 192 g/mol. The van der Waals surface area contributed by atoms with E-state index in [1.165, 1.54) is 22.3 Å². The molecule has 84 valence electrons. The van der Waals surface area contributed by atoms with Gasteiger partial charge in [-0.25, -0.2) is 0 Å². The Bertz CT molecular complexity index is 449. The van der Waals surface area contributed by atoms with E-state index < -0.39 is 0 Å². The first-order chi connectivity index (χ1) is 7.58. The molecule has 0 fully saturated rings. The van der Waals surface area contributed by atoms with Gasteiger partial charge in [-0.3, -0.25) is 0 Å². The minimum atomic E-state index is 0.640. The van der Waals surface area contributed by atoms with Crippen molar-refractivity contribution in [2.45, 2.75) is 27.7 Å². The van der Waals surface area contributed by atoms with Crippen LogP contribution < -0.4 is 0 Å². The predicted molar refractivity (Wildman–Crippen MR) is 71.4 cm³/mol. The van der Waals surface area contributed by atoms with E-state index in [1.54, 1.807) is 0 Å². The lowest BCUT2D eigenvalue weighted by Crippen LogP contribution is -2.06. The van der Waals surface area contributed by atoms with Crippen LogP contribution in [0.2, 0.25) is 0 Å². The summed E-state index contributed by atoms with van der Waals surface area (Å²) in [5.41, 5.74) is 5.45. The Morgan fingerprint density at radius 2 is 1.69 bits per heavy atom. The van der Waals surface area contributed by atoms with Gasteiger partial charge in [0.15, 0.2) is 0 Å². The van der Waals surface area contributed by atoms with E-state index in [-0.39, 0.29) is 0 Å². The summed E-state index contributed by atoms with van der Waals surface area (Å²) >= 11 is 0. The van der Waals surface area contributed by atoms with E-state index >= 15 is 0 Å². The summed E-state index contributed by atoms with van der Waals surface area (Å²) in [6.07, 6.45) is 6.96. The highest BCUT2D eigenvalue weighted by Gasteiger charge is 2.12. The first kappa shape index (κ1) is 11.2. The van der Waals surface area contributed by atoms with E-state index in [9.17, 15) is 0 Å². The Hall–Kier alpha value is -1.30. The molecule has 0 saturated heterocycles. The number of hydrogen-bond donors (Lipinski definition) is 0. The van der Waals surface area contributed by atoms with Crippen LogP contribution in [0.4, 0.5) is 0 Å². The third kappa shape index (κ3) is 2.11. The normalized spacial score (nSPS) is 24.4. The summed E-state index contributed by atoms with van der Waals surface area (Å²) in [6.45, 7) is 8.90. The van der Waals surface area contributed by atoms with Crippen molar-refractivity contribution in [3.63, 3.8) is 0 Å². The van der Waals surface area contributed by atoms with Crippen LogP contribution >= 0.6 is 0 Å². The minimum absolute atomic E-state index is 0.640. The molecule has 0 saturated carbocycles. The van der Waals surface area contributed by atoms with Gasteiger partial charge < -0.3 is 0 Å². The monoisotopic (exact) mass is 212 g/mol. The molecule has 0 spiro atoms. The van der Waals surface area contributed by atoms with E-state index in [4.69, 9.17) is 0 Å². The summed E-state index contributed by atoms with van der Waals surface area (Å²) in [5.74, 6) is 1.30. The summed E-state index contributed by atoms with van der Waals surface area (Å²) in [6, 6.07) is 6.72. The molecule has 1 aromatic rings. The largest absolute Gasteiger partial charge is 0.0805 e. The van der Waals surface area contributed by atoms with Gasteiger partial charge in [-0.05, 0) is 47.9 Å². The molecule has 1 aliphatic rings. The van der Waals surface area contributed by atoms with Crippen LogP contribution in [0.1, 0.15) is 30.5 Å². The maximum Gasteiger partial charge on any atom is -0.0184 e. The van der Waals surface area contributed by atoms with Crippen molar-refractivity contribution >= 4 is 5.57 Å². The molecule has 16 heavy (non-hydrogen) atoms. The Labute approximate surface area is 98.7 Å². The van der Waals surface area contributed by atoms with Crippen molar-refractivity contribution in [3.8, 4) is 0 Å². The Morgan fingerprint density at radius 1 is 0.938 bits per heavy atom. The second kappa shape index (κ2) is 4.29. The Balaban J connectivity index is 2.35. The van der Waals surface area contributed by atoms with E-state index in [1.807, 2.05) is 0 Å². The second-order valence-corrected chi connectivity index (χ2v) is 5.00. The molecule has 0 heterocycles. The van der Waals surface area contributed by atoms with Gasteiger partial charge >= 0.3 is 0 Å². The molecule has 2 unspecified atom stereocenters. The molecule has 1 aromatic carbocycles. The van der Waals surface area contributed by atoms with E-state index in [0.29, 0.717) is 11.8 Å². The predicted octanol–water partition coefficient (Wildman–Crippen LogP) is 4.53. The standard InChI is InChI=1S/C16H20/c1-11-5-7-15(9-13(11)3)16-8-6-12(2)14(4)10-16/h5-11,13H,1-4H3. The molecule has 0 nitrogen and oxygen atoms in total.